The molecule has 5 nitrogen and oxygen atoms in total. The average molecular weight is 429 g/mol. The molecule has 8 heteroatoms. The summed E-state index contributed by atoms with van der Waals surface area (Å²) in [6.45, 7) is 1.72. The lowest BCUT2D eigenvalue weighted by Crippen LogP contribution is -2.61. The Kier molecular flexibility index (Phi) is 4.21. The molecule has 1 aromatic heterocycles. The van der Waals surface area contributed by atoms with E-state index in [4.69, 9.17) is 11.6 Å². The van der Waals surface area contributed by atoms with E-state index in [9.17, 15) is 13.2 Å². The number of thiophene rings is 1. The molecule has 5 fully saturated rings. The van der Waals surface area contributed by atoms with Crippen molar-refractivity contribution in [3.63, 3.8) is 0 Å². The van der Waals surface area contributed by atoms with E-state index in [2.05, 4.69) is 0 Å². The first-order valence-electron chi connectivity index (χ1n) is 9.82. The Morgan fingerprint density at radius 3 is 2.33 bits per heavy atom. The van der Waals surface area contributed by atoms with Crippen molar-refractivity contribution in [2.75, 3.05) is 26.2 Å². The maximum absolute atomic E-state index is 13.5. The van der Waals surface area contributed by atoms with Gasteiger partial charge in [0.25, 0.3) is 10.0 Å². The number of sulfonamides is 1. The summed E-state index contributed by atoms with van der Waals surface area (Å²) < 4.78 is 27.3. The fraction of sp³-hybridized carbons (Fsp3) is 0.737. The monoisotopic (exact) mass is 428 g/mol. The lowest BCUT2D eigenvalue weighted by atomic mass is 9.49. The lowest BCUT2D eigenvalue weighted by Gasteiger charge is -2.60. The Morgan fingerprint density at radius 1 is 1.11 bits per heavy atom. The Bertz CT molecular complexity index is 832. The molecular formula is C19H25ClN2O3S2. The molecule has 6 rings (SSSR count). The van der Waals surface area contributed by atoms with Crippen molar-refractivity contribution in [1.29, 1.82) is 0 Å². The van der Waals surface area contributed by atoms with Gasteiger partial charge in [-0.2, -0.15) is 4.31 Å². The fourth-order valence-electron chi connectivity index (χ4n) is 6.41. The number of hydrogen-bond donors (Lipinski definition) is 0. The van der Waals surface area contributed by atoms with Crippen LogP contribution in [-0.4, -0.2) is 54.6 Å². The van der Waals surface area contributed by atoms with Gasteiger partial charge in [0.1, 0.15) is 4.21 Å². The van der Waals surface area contributed by atoms with Crippen LogP contribution in [0.1, 0.15) is 38.5 Å². The molecule has 4 saturated carbocycles. The molecule has 1 aromatic rings. The standard InChI is InChI=1S/C19H25ClN2O3S2/c20-19-11-14-8-15(12-19)10-18(9-14,13-19)17(23)21-3-5-22(6-4-21)27(24,25)16-2-1-7-26-16/h1-2,7,14-15H,3-6,8-13H2/t14-,15-,18?,19?/m1/s1. The predicted octanol–water partition coefficient (Wildman–Crippen LogP) is 3.16. The van der Waals surface area contributed by atoms with E-state index < -0.39 is 10.0 Å². The first-order chi connectivity index (χ1) is 12.8. The minimum absolute atomic E-state index is 0.177. The summed E-state index contributed by atoms with van der Waals surface area (Å²) in [5.74, 6) is 1.41. The van der Waals surface area contributed by atoms with Crippen LogP contribution < -0.4 is 0 Å². The van der Waals surface area contributed by atoms with Crippen molar-refractivity contribution in [3.8, 4) is 0 Å². The number of carbonyl (C=O) groups is 1. The van der Waals surface area contributed by atoms with Gasteiger partial charge in [-0.05, 0) is 61.8 Å². The van der Waals surface area contributed by atoms with Crippen molar-refractivity contribution < 1.29 is 13.2 Å². The predicted molar refractivity (Wildman–Crippen MR) is 105 cm³/mol. The van der Waals surface area contributed by atoms with Crippen LogP contribution in [0.25, 0.3) is 0 Å². The molecule has 0 spiro atoms. The second-order valence-corrected chi connectivity index (χ2v) is 12.9. The topological polar surface area (TPSA) is 57.7 Å². The van der Waals surface area contributed by atoms with Crippen molar-refractivity contribution in [2.45, 2.75) is 47.6 Å². The van der Waals surface area contributed by atoms with Crippen LogP contribution in [0, 0.1) is 17.3 Å². The zero-order valence-corrected chi connectivity index (χ0v) is 17.7. The molecule has 27 heavy (non-hydrogen) atoms. The highest BCUT2D eigenvalue weighted by Crippen LogP contribution is 2.64. The molecule has 0 radical (unpaired) electrons. The lowest BCUT2D eigenvalue weighted by molar-refractivity contribution is -0.157. The minimum atomic E-state index is -3.43. The molecule has 5 aliphatic rings. The van der Waals surface area contributed by atoms with Gasteiger partial charge in [0.15, 0.2) is 0 Å². The number of hydrogen-bond acceptors (Lipinski definition) is 4. The number of nitrogens with zero attached hydrogens (tertiary/aromatic N) is 2. The smallest absolute Gasteiger partial charge is 0.252 e. The van der Waals surface area contributed by atoms with Gasteiger partial charge in [-0.3, -0.25) is 4.79 Å². The minimum Gasteiger partial charge on any atom is -0.340 e. The summed E-state index contributed by atoms with van der Waals surface area (Å²) in [7, 11) is -3.43. The first kappa shape index (κ1) is 18.4. The summed E-state index contributed by atoms with van der Waals surface area (Å²) in [4.78, 5) is 15.2. The maximum atomic E-state index is 13.5. The van der Waals surface area contributed by atoms with E-state index in [1.807, 2.05) is 4.90 Å². The van der Waals surface area contributed by atoms with E-state index in [1.165, 1.54) is 22.1 Å². The van der Waals surface area contributed by atoms with Gasteiger partial charge >= 0.3 is 0 Å². The molecule has 2 atom stereocenters. The molecular weight excluding hydrogens is 404 g/mol. The number of amides is 1. The fourth-order valence-corrected chi connectivity index (χ4v) is 9.66. The van der Waals surface area contributed by atoms with E-state index in [1.54, 1.807) is 17.5 Å². The van der Waals surface area contributed by atoms with Crippen LogP contribution >= 0.6 is 22.9 Å². The molecule has 2 heterocycles. The number of rotatable bonds is 3. The number of piperazine rings is 1. The van der Waals surface area contributed by atoms with Gasteiger partial charge in [0, 0.05) is 31.1 Å². The zero-order valence-electron chi connectivity index (χ0n) is 15.3. The van der Waals surface area contributed by atoms with Crippen LogP contribution in [0.5, 0.6) is 0 Å². The molecule has 0 aromatic carbocycles. The molecule has 1 saturated heterocycles. The highest BCUT2D eigenvalue weighted by molar-refractivity contribution is 7.91. The summed E-state index contributed by atoms with van der Waals surface area (Å²) >= 11 is 8.13. The van der Waals surface area contributed by atoms with E-state index in [0.29, 0.717) is 42.2 Å². The van der Waals surface area contributed by atoms with Gasteiger partial charge in [0.2, 0.25) is 5.91 Å². The summed E-state index contributed by atoms with van der Waals surface area (Å²) in [6.07, 6.45) is 6.12. The van der Waals surface area contributed by atoms with Crippen LogP contribution in [0.2, 0.25) is 0 Å². The second kappa shape index (κ2) is 6.18. The van der Waals surface area contributed by atoms with E-state index in [0.717, 1.165) is 32.1 Å². The third kappa shape index (κ3) is 2.96. The maximum Gasteiger partial charge on any atom is 0.252 e. The summed E-state index contributed by atoms with van der Waals surface area (Å²) in [5, 5.41) is 1.78. The van der Waals surface area contributed by atoms with Crippen LogP contribution in [0.3, 0.4) is 0 Å². The molecule has 4 bridgehead atoms. The zero-order chi connectivity index (χ0) is 18.9. The average Bonchev–Trinajstić information content (AvgIpc) is 3.14. The Labute approximate surface area is 169 Å². The Balaban J connectivity index is 1.30. The number of alkyl halides is 1. The van der Waals surface area contributed by atoms with Crippen LogP contribution in [-0.2, 0) is 14.8 Å². The Hall–Kier alpha value is -0.630. The van der Waals surface area contributed by atoms with E-state index in [-0.39, 0.29) is 16.2 Å². The molecule has 0 N–H and O–H groups in total. The van der Waals surface area contributed by atoms with Crippen LogP contribution in [0.15, 0.2) is 21.7 Å². The van der Waals surface area contributed by atoms with Crippen molar-refractivity contribution in [2.24, 2.45) is 17.3 Å². The SMILES string of the molecule is O=C(N1CCN(S(=O)(=O)c2cccs2)CC1)C12C[C@H]3C[C@@H](CC(Cl)(C3)C1)C2. The number of halogens is 1. The first-order valence-corrected chi connectivity index (χ1v) is 12.5. The highest BCUT2D eigenvalue weighted by Gasteiger charge is 2.60. The molecule has 1 amide bonds. The van der Waals surface area contributed by atoms with Gasteiger partial charge in [0.05, 0.1) is 5.41 Å². The Morgan fingerprint density at radius 2 is 1.78 bits per heavy atom. The molecule has 4 aliphatic carbocycles. The normalized spacial score (nSPS) is 39.1. The molecule has 0 unspecified atom stereocenters. The van der Waals surface area contributed by atoms with Crippen molar-refractivity contribution >= 4 is 38.9 Å². The molecule has 148 valence electrons. The van der Waals surface area contributed by atoms with Crippen LogP contribution in [0.4, 0.5) is 0 Å². The third-order valence-corrected chi connectivity index (χ3v) is 10.8. The summed E-state index contributed by atoms with van der Waals surface area (Å²) in [6, 6.07) is 3.40. The largest absolute Gasteiger partial charge is 0.340 e. The van der Waals surface area contributed by atoms with Gasteiger partial charge in [-0.1, -0.05) is 6.07 Å². The van der Waals surface area contributed by atoms with Crippen molar-refractivity contribution in [1.82, 2.24) is 9.21 Å². The summed E-state index contributed by atoms with van der Waals surface area (Å²) in [5.41, 5.74) is -0.291. The van der Waals surface area contributed by atoms with Crippen molar-refractivity contribution in [3.05, 3.63) is 17.5 Å². The molecule has 1 aliphatic heterocycles. The van der Waals surface area contributed by atoms with Gasteiger partial charge in [-0.15, -0.1) is 22.9 Å². The second-order valence-electron chi connectivity index (χ2n) is 9.02. The quantitative estimate of drug-likeness (QED) is 0.695. The third-order valence-electron chi connectivity index (χ3n) is 7.06. The van der Waals surface area contributed by atoms with Gasteiger partial charge < -0.3 is 4.90 Å². The number of carbonyl (C=O) groups excluding carboxylic acids is 1. The van der Waals surface area contributed by atoms with Gasteiger partial charge in [-0.25, -0.2) is 8.42 Å². The highest BCUT2D eigenvalue weighted by atomic mass is 35.5. The van der Waals surface area contributed by atoms with E-state index >= 15 is 0 Å².